The lowest BCUT2D eigenvalue weighted by Crippen LogP contribution is -2.54. The summed E-state index contributed by atoms with van der Waals surface area (Å²) in [7, 11) is -4.23. The molecule has 7 rings (SSSR count). The van der Waals surface area contributed by atoms with Crippen molar-refractivity contribution in [1.82, 2.24) is 20.2 Å². The molecule has 0 radical (unpaired) electrons. The summed E-state index contributed by atoms with van der Waals surface area (Å²) in [6.45, 7) is 0.00394. The number of pyridine rings is 2. The number of halogens is 5. The number of hydrogen-bond acceptors (Lipinski definition) is 6. The third-order valence-electron chi connectivity index (χ3n) is 9.81. The zero-order chi connectivity index (χ0) is 35.4. The van der Waals surface area contributed by atoms with Crippen molar-refractivity contribution in [2.24, 2.45) is 5.92 Å². The van der Waals surface area contributed by atoms with E-state index < -0.39 is 51.5 Å². The number of sulfonamides is 1. The van der Waals surface area contributed by atoms with Crippen LogP contribution in [-0.2, 0) is 28.2 Å². The summed E-state index contributed by atoms with van der Waals surface area (Å²) >= 11 is 6.27. The first kappa shape index (κ1) is 33.9. The Morgan fingerprint density at radius 2 is 1.64 bits per heavy atom. The minimum Gasteiger partial charge on any atom is -0.346 e. The normalized spacial score (nSPS) is 18.6. The van der Waals surface area contributed by atoms with Gasteiger partial charge in [0.05, 0.1) is 39.4 Å². The Labute approximate surface area is 290 Å². The highest BCUT2D eigenvalue weighted by atomic mass is 35.5. The second-order valence-electron chi connectivity index (χ2n) is 12.7. The van der Waals surface area contributed by atoms with Crippen LogP contribution in [0.3, 0.4) is 0 Å². The molecule has 3 aliphatic rings. The van der Waals surface area contributed by atoms with Crippen molar-refractivity contribution < 1.29 is 35.6 Å². The van der Waals surface area contributed by atoms with Crippen molar-refractivity contribution in [1.29, 1.82) is 0 Å². The second kappa shape index (κ2) is 12.6. The van der Waals surface area contributed by atoms with Crippen molar-refractivity contribution in [2.75, 3.05) is 17.4 Å². The minimum absolute atomic E-state index is 0.0210. The van der Waals surface area contributed by atoms with Crippen LogP contribution in [0.25, 0.3) is 0 Å². The molecular formula is C35H30ClF4N5O4S. The van der Waals surface area contributed by atoms with Crippen LogP contribution in [0.2, 0.25) is 5.02 Å². The van der Waals surface area contributed by atoms with E-state index in [9.17, 15) is 35.6 Å². The predicted octanol–water partition coefficient (Wildman–Crippen LogP) is 6.38. The van der Waals surface area contributed by atoms with Crippen molar-refractivity contribution in [3.05, 3.63) is 118 Å². The molecular weight excluding hydrogens is 698 g/mol. The van der Waals surface area contributed by atoms with Gasteiger partial charge in [0.1, 0.15) is 11.5 Å². The quantitative estimate of drug-likeness (QED) is 0.221. The molecule has 2 aliphatic heterocycles. The Morgan fingerprint density at radius 3 is 2.30 bits per heavy atom. The summed E-state index contributed by atoms with van der Waals surface area (Å²) in [5.41, 5.74) is -0.950. The van der Waals surface area contributed by atoms with Crippen LogP contribution in [0.15, 0.2) is 84.0 Å². The summed E-state index contributed by atoms with van der Waals surface area (Å²) in [5, 5.41) is 2.74. The maximum Gasteiger partial charge on any atom is 0.418 e. The molecule has 1 spiro atoms. The average molecular weight is 728 g/mol. The molecule has 1 aliphatic carbocycles. The molecule has 1 unspecified atom stereocenters. The van der Waals surface area contributed by atoms with Crippen molar-refractivity contribution >= 4 is 39.1 Å². The van der Waals surface area contributed by atoms with Gasteiger partial charge in [0, 0.05) is 36.5 Å². The smallest absolute Gasteiger partial charge is 0.346 e. The number of nitrogens with zero attached hydrogens (tertiary/aromatic N) is 4. The van der Waals surface area contributed by atoms with E-state index in [1.54, 1.807) is 29.2 Å². The van der Waals surface area contributed by atoms with E-state index in [1.165, 1.54) is 41.0 Å². The van der Waals surface area contributed by atoms with Gasteiger partial charge in [-0.15, -0.1) is 0 Å². The molecule has 260 valence electrons. The molecule has 50 heavy (non-hydrogen) atoms. The first-order valence-corrected chi connectivity index (χ1v) is 17.8. The van der Waals surface area contributed by atoms with Crippen molar-refractivity contribution in [2.45, 2.75) is 54.8 Å². The molecule has 0 bridgehead atoms. The van der Waals surface area contributed by atoms with Gasteiger partial charge in [0.25, 0.3) is 21.8 Å². The van der Waals surface area contributed by atoms with E-state index in [-0.39, 0.29) is 51.8 Å². The number of likely N-dealkylation sites (tertiary alicyclic amines) is 1. The van der Waals surface area contributed by atoms with Crippen LogP contribution in [0.4, 0.5) is 23.2 Å². The van der Waals surface area contributed by atoms with E-state index >= 15 is 0 Å². The number of piperidine rings is 1. The third-order valence-corrected chi connectivity index (χ3v) is 11.9. The van der Waals surface area contributed by atoms with Gasteiger partial charge in [-0.2, -0.15) is 13.2 Å². The topological polar surface area (TPSA) is 113 Å². The van der Waals surface area contributed by atoms with Gasteiger partial charge in [-0.1, -0.05) is 11.6 Å². The molecule has 2 fully saturated rings. The lowest BCUT2D eigenvalue weighted by molar-refractivity contribution is -0.138. The molecule has 2 aromatic carbocycles. The number of amides is 2. The fourth-order valence-corrected chi connectivity index (χ4v) is 9.33. The maximum atomic E-state index is 14.4. The van der Waals surface area contributed by atoms with Crippen LogP contribution in [-0.4, -0.2) is 54.2 Å². The zero-order valence-electron chi connectivity index (χ0n) is 26.3. The first-order valence-electron chi connectivity index (χ1n) is 15.9. The molecule has 2 amide bonds. The van der Waals surface area contributed by atoms with Crippen LogP contribution in [0.1, 0.15) is 63.4 Å². The van der Waals surface area contributed by atoms with Crippen LogP contribution >= 0.6 is 11.6 Å². The molecule has 1 N–H and O–H groups in total. The van der Waals surface area contributed by atoms with Crippen LogP contribution < -0.4 is 9.62 Å². The van der Waals surface area contributed by atoms with E-state index in [2.05, 4.69) is 15.3 Å². The number of carbonyl (C=O) groups is 2. The van der Waals surface area contributed by atoms with Gasteiger partial charge < -0.3 is 10.2 Å². The van der Waals surface area contributed by atoms with Gasteiger partial charge in [-0.3, -0.25) is 18.9 Å². The van der Waals surface area contributed by atoms with Gasteiger partial charge in [0.2, 0.25) is 0 Å². The fourth-order valence-electron chi connectivity index (χ4n) is 7.33. The Balaban J connectivity index is 1.26. The number of hydrogen-bond donors (Lipinski definition) is 1. The summed E-state index contributed by atoms with van der Waals surface area (Å²) in [4.78, 5) is 36.4. The number of nitrogens with one attached hydrogen (secondary N) is 1. The number of carbonyl (C=O) groups excluding carboxylic acids is 2. The minimum atomic E-state index is -4.66. The molecule has 1 atom stereocenters. The Bertz CT molecular complexity index is 2090. The molecule has 4 heterocycles. The van der Waals surface area contributed by atoms with Crippen molar-refractivity contribution in [3.63, 3.8) is 0 Å². The average Bonchev–Trinajstić information content (AvgIpc) is 3.90. The monoisotopic (exact) mass is 727 g/mol. The lowest BCUT2D eigenvalue weighted by Gasteiger charge is -2.45. The predicted molar refractivity (Wildman–Crippen MR) is 175 cm³/mol. The Kier molecular flexibility index (Phi) is 8.58. The highest BCUT2D eigenvalue weighted by Gasteiger charge is 2.60. The number of rotatable bonds is 7. The molecule has 4 aromatic rings. The number of fused-ring (bicyclic) bond motifs is 2. The van der Waals surface area contributed by atoms with Gasteiger partial charge in [-0.25, -0.2) is 17.8 Å². The standard InChI is InChI=1S/C35H30ClF4N5O4S/c36-27-4-2-16-42-30(27)33(47)44-17-13-34(14-18-44)26-19-22(32(46)43-20-28-25(35(38,39)40)3-1-15-41-28)7-12-29(26)45(31(34)21-5-6-21)50(48,49)24-10-8-23(37)9-11-24/h1-4,7-12,15-16,19,21,31H,5-6,13-14,17-18,20H2,(H,43,46). The summed E-state index contributed by atoms with van der Waals surface area (Å²) in [6.07, 6.45) is 0.250. The first-order chi connectivity index (χ1) is 23.8. The Morgan fingerprint density at radius 1 is 0.960 bits per heavy atom. The van der Waals surface area contributed by atoms with E-state index in [1.807, 2.05) is 0 Å². The zero-order valence-corrected chi connectivity index (χ0v) is 27.9. The molecule has 9 nitrogen and oxygen atoms in total. The summed E-state index contributed by atoms with van der Waals surface area (Å²) < 4.78 is 84.8. The number of alkyl halides is 3. The van der Waals surface area contributed by atoms with E-state index in [0.29, 0.717) is 24.1 Å². The second-order valence-corrected chi connectivity index (χ2v) is 15.0. The number of benzene rings is 2. The SMILES string of the molecule is O=C(NCc1ncccc1C(F)(F)F)c1ccc2c(c1)C1(CCN(C(=O)c3ncccc3Cl)CC1)C(C1CC1)N2S(=O)(=O)c1ccc(F)cc1. The van der Waals surface area contributed by atoms with Crippen LogP contribution in [0, 0.1) is 11.7 Å². The Hall–Kier alpha value is -4.56. The molecule has 1 saturated heterocycles. The summed E-state index contributed by atoms with van der Waals surface area (Å²) in [6, 6.07) is 13.9. The number of anilines is 1. The highest BCUT2D eigenvalue weighted by molar-refractivity contribution is 7.93. The van der Waals surface area contributed by atoms with Gasteiger partial charge in [-0.05, 0) is 104 Å². The maximum absolute atomic E-state index is 14.4. The number of aromatic nitrogens is 2. The van der Waals surface area contributed by atoms with Gasteiger partial charge >= 0.3 is 6.18 Å². The van der Waals surface area contributed by atoms with E-state index in [4.69, 9.17) is 11.6 Å². The summed E-state index contributed by atoms with van der Waals surface area (Å²) in [5.74, 6) is -1.63. The highest BCUT2D eigenvalue weighted by Crippen LogP contribution is 2.59. The third kappa shape index (κ3) is 5.97. The molecule has 2 aromatic heterocycles. The lowest BCUT2D eigenvalue weighted by atomic mass is 9.68. The largest absolute Gasteiger partial charge is 0.418 e. The van der Waals surface area contributed by atoms with Crippen molar-refractivity contribution in [3.8, 4) is 0 Å². The fraction of sp³-hybridized carbons (Fsp3) is 0.314. The van der Waals surface area contributed by atoms with E-state index in [0.717, 1.165) is 31.0 Å². The molecule has 1 saturated carbocycles. The molecule has 15 heteroatoms. The van der Waals surface area contributed by atoms with Gasteiger partial charge in [0.15, 0.2) is 0 Å². The van der Waals surface area contributed by atoms with Crippen LogP contribution in [0.5, 0.6) is 0 Å².